The predicted octanol–water partition coefficient (Wildman–Crippen LogP) is 1.65. The number of ether oxygens (including phenoxy) is 1. The second-order valence-corrected chi connectivity index (χ2v) is 4.91. The topological polar surface area (TPSA) is 41.6 Å². The molecular weight excluding hydrogens is 285 g/mol. The van der Waals surface area contributed by atoms with Crippen molar-refractivity contribution in [3.63, 3.8) is 0 Å². The summed E-state index contributed by atoms with van der Waals surface area (Å²) in [7, 11) is 1.48. The minimum Gasteiger partial charge on any atom is -0.366 e. The summed E-state index contributed by atoms with van der Waals surface area (Å²) in [4.78, 5) is 13.4. The van der Waals surface area contributed by atoms with E-state index in [2.05, 4.69) is 5.32 Å². The van der Waals surface area contributed by atoms with Gasteiger partial charge in [0.1, 0.15) is 6.10 Å². The Morgan fingerprint density at radius 3 is 2.76 bits per heavy atom. The summed E-state index contributed by atoms with van der Waals surface area (Å²) in [5.41, 5.74) is -0.642. The first-order chi connectivity index (χ1) is 9.89. The maximum Gasteiger partial charge on any atom is 0.416 e. The van der Waals surface area contributed by atoms with Crippen LogP contribution in [0.2, 0.25) is 0 Å². The van der Waals surface area contributed by atoms with Crippen LogP contribution in [0, 0.1) is 0 Å². The van der Waals surface area contributed by atoms with Gasteiger partial charge in [0.25, 0.3) is 5.91 Å². The third kappa shape index (κ3) is 3.95. The van der Waals surface area contributed by atoms with Crippen LogP contribution in [-0.4, -0.2) is 43.7 Å². The van der Waals surface area contributed by atoms with Crippen LogP contribution < -0.4 is 5.32 Å². The SMILES string of the molecule is CN(Cc1ccccc1C(F)(F)F)C(=O)[C@@H]1CNCCO1. The normalized spacial score (nSPS) is 19.3. The third-order valence-electron chi connectivity index (χ3n) is 3.31. The fourth-order valence-corrected chi connectivity index (χ4v) is 2.24. The average molecular weight is 302 g/mol. The number of amides is 1. The monoisotopic (exact) mass is 302 g/mol. The van der Waals surface area contributed by atoms with Gasteiger partial charge in [0.15, 0.2) is 0 Å². The molecule has 4 nitrogen and oxygen atoms in total. The predicted molar refractivity (Wildman–Crippen MR) is 70.5 cm³/mol. The van der Waals surface area contributed by atoms with E-state index >= 15 is 0 Å². The molecule has 1 saturated heterocycles. The van der Waals surface area contributed by atoms with Crippen molar-refractivity contribution >= 4 is 5.91 Å². The summed E-state index contributed by atoms with van der Waals surface area (Å²) >= 11 is 0. The number of likely N-dealkylation sites (N-methyl/N-ethyl adjacent to an activating group) is 1. The highest BCUT2D eigenvalue weighted by molar-refractivity contribution is 5.81. The number of halogens is 3. The number of carbonyl (C=O) groups is 1. The van der Waals surface area contributed by atoms with Crippen molar-refractivity contribution in [1.82, 2.24) is 10.2 Å². The molecule has 1 aromatic rings. The van der Waals surface area contributed by atoms with Gasteiger partial charge in [-0.3, -0.25) is 4.79 Å². The highest BCUT2D eigenvalue weighted by Crippen LogP contribution is 2.32. The zero-order valence-corrected chi connectivity index (χ0v) is 11.6. The Morgan fingerprint density at radius 2 is 2.14 bits per heavy atom. The molecule has 1 amide bonds. The molecule has 21 heavy (non-hydrogen) atoms. The van der Waals surface area contributed by atoms with Gasteiger partial charge >= 0.3 is 6.18 Å². The minimum atomic E-state index is -4.43. The Hall–Kier alpha value is -1.60. The lowest BCUT2D eigenvalue weighted by atomic mass is 10.1. The molecule has 1 heterocycles. The van der Waals surface area contributed by atoms with E-state index in [9.17, 15) is 18.0 Å². The van der Waals surface area contributed by atoms with Crippen LogP contribution in [0.1, 0.15) is 11.1 Å². The van der Waals surface area contributed by atoms with Crippen molar-refractivity contribution in [2.45, 2.75) is 18.8 Å². The smallest absolute Gasteiger partial charge is 0.366 e. The van der Waals surface area contributed by atoms with Crippen molar-refractivity contribution in [3.8, 4) is 0 Å². The molecule has 0 unspecified atom stereocenters. The molecule has 1 N–H and O–H groups in total. The zero-order valence-electron chi connectivity index (χ0n) is 11.6. The second kappa shape index (κ2) is 6.44. The molecule has 2 rings (SSSR count). The maximum absolute atomic E-state index is 12.9. The van der Waals surface area contributed by atoms with Crippen molar-refractivity contribution in [3.05, 3.63) is 35.4 Å². The van der Waals surface area contributed by atoms with E-state index in [1.165, 1.54) is 30.1 Å². The Labute approximate surface area is 120 Å². The Kier molecular flexibility index (Phi) is 4.84. The van der Waals surface area contributed by atoms with Gasteiger partial charge in [0.05, 0.1) is 12.2 Å². The number of benzene rings is 1. The first-order valence-electron chi connectivity index (χ1n) is 6.62. The van der Waals surface area contributed by atoms with Crippen LogP contribution in [0.25, 0.3) is 0 Å². The van der Waals surface area contributed by atoms with Crippen molar-refractivity contribution in [2.75, 3.05) is 26.7 Å². The van der Waals surface area contributed by atoms with Gasteiger partial charge in [0.2, 0.25) is 0 Å². The van der Waals surface area contributed by atoms with Crippen molar-refractivity contribution in [1.29, 1.82) is 0 Å². The van der Waals surface area contributed by atoms with Crippen LogP contribution in [0.3, 0.4) is 0 Å². The molecule has 1 atom stereocenters. The fourth-order valence-electron chi connectivity index (χ4n) is 2.24. The highest BCUT2D eigenvalue weighted by atomic mass is 19.4. The summed E-state index contributed by atoms with van der Waals surface area (Å²) in [6.45, 7) is 1.37. The number of hydrogen-bond acceptors (Lipinski definition) is 3. The van der Waals surface area contributed by atoms with E-state index in [-0.39, 0.29) is 18.0 Å². The van der Waals surface area contributed by atoms with Crippen molar-refractivity contribution < 1.29 is 22.7 Å². The highest BCUT2D eigenvalue weighted by Gasteiger charge is 2.34. The summed E-state index contributed by atoms with van der Waals surface area (Å²) in [6.07, 6.45) is -5.06. The third-order valence-corrected chi connectivity index (χ3v) is 3.31. The molecule has 0 aromatic heterocycles. The lowest BCUT2D eigenvalue weighted by molar-refractivity contribution is -0.145. The number of morpholine rings is 1. The molecule has 7 heteroatoms. The molecule has 116 valence electrons. The number of alkyl halides is 3. The van der Waals surface area contributed by atoms with E-state index in [0.29, 0.717) is 19.7 Å². The fraction of sp³-hybridized carbons (Fsp3) is 0.500. The molecule has 0 aliphatic carbocycles. The number of rotatable bonds is 3. The number of carbonyl (C=O) groups excluding carboxylic acids is 1. The van der Waals surface area contributed by atoms with Gasteiger partial charge in [-0.2, -0.15) is 13.2 Å². The molecule has 0 spiro atoms. The molecular formula is C14H17F3N2O2. The van der Waals surface area contributed by atoms with Gasteiger partial charge in [-0.25, -0.2) is 0 Å². The molecule has 1 aliphatic heterocycles. The molecule has 1 fully saturated rings. The van der Waals surface area contributed by atoms with E-state index in [1.807, 2.05) is 0 Å². The maximum atomic E-state index is 12.9. The number of nitrogens with one attached hydrogen (secondary N) is 1. The van der Waals surface area contributed by atoms with E-state index < -0.39 is 17.8 Å². The van der Waals surface area contributed by atoms with E-state index in [0.717, 1.165) is 6.07 Å². The Morgan fingerprint density at radius 1 is 1.43 bits per heavy atom. The minimum absolute atomic E-state index is 0.0737. The van der Waals surface area contributed by atoms with E-state index in [1.54, 1.807) is 0 Å². The molecule has 0 bridgehead atoms. The largest absolute Gasteiger partial charge is 0.416 e. The van der Waals surface area contributed by atoms with Crippen LogP contribution in [0.4, 0.5) is 13.2 Å². The Balaban J connectivity index is 2.09. The quantitative estimate of drug-likeness (QED) is 0.923. The van der Waals surface area contributed by atoms with Crippen LogP contribution in [-0.2, 0) is 22.3 Å². The Bertz CT molecular complexity index is 499. The molecule has 1 aromatic carbocycles. The van der Waals surface area contributed by atoms with Crippen LogP contribution in [0.15, 0.2) is 24.3 Å². The number of hydrogen-bond donors (Lipinski definition) is 1. The van der Waals surface area contributed by atoms with Crippen LogP contribution >= 0.6 is 0 Å². The number of nitrogens with zero attached hydrogens (tertiary/aromatic N) is 1. The molecule has 1 aliphatic rings. The first kappa shape index (κ1) is 15.8. The summed E-state index contributed by atoms with van der Waals surface area (Å²) in [5, 5.41) is 3.02. The van der Waals surface area contributed by atoms with Gasteiger partial charge in [-0.15, -0.1) is 0 Å². The van der Waals surface area contributed by atoms with Gasteiger partial charge < -0.3 is 15.0 Å². The summed E-state index contributed by atoms with van der Waals surface area (Å²) in [6, 6.07) is 5.27. The average Bonchev–Trinajstić information content (AvgIpc) is 2.47. The molecule has 0 saturated carbocycles. The van der Waals surface area contributed by atoms with Crippen molar-refractivity contribution in [2.24, 2.45) is 0 Å². The van der Waals surface area contributed by atoms with E-state index in [4.69, 9.17) is 4.74 Å². The second-order valence-electron chi connectivity index (χ2n) is 4.91. The zero-order chi connectivity index (χ0) is 15.5. The summed E-state index contributed by atoms with van der Waals surface area (Å²) < 4.78 is 44.1. The van der Waals surface area contributed by atoms with Gasteiger partial charge in [-0.1, -0.05) is 18.2 Å². The van der Waals surface area contributed by atoms with Crippen LogP contribution in [0.5, 0.6) is 0 Å². The molecule has 0 radical (unpaired) electrons. The van der Waals surface area contributed by atoms with Gasteiger partial charge in [0, 0.05) is 26.7 Å². The first-order valence-corrected chi connectivity index (χ1v) is 6.62. The van der Waals surface area contributed by atoms with Gasteiger partial charge in [-0.05, 0) is 11.6 Å². The standard InChI is InChI=1S/C14H17F3N2O2/c1-19(13(20)12-8-18-6-7-21-12)9-10-4-2-3-5-11(10)14(15,16)17/h2-5,12,18H,6-9H2,1H3/t12-/m0/s1. The lowest BCUT2D eigenvalue weighted by Gasteiger charge is -2.28. The summed E-state index contributed by atoms with van der Waals surface area (Å²) in [5.74, 6) is -0.320. The lowest BCUT2D eigenvalue weighted by Crippen LogP contribution is -2.48.